The van der Waals surface area contributed by atoms with Crippen molar-refractivity contribution in [3.63, 3.8) is 0 Å². The van der Waals surface area contributed by atoms with Crippen molar-refractivity contribution < 1.29 is 38.2 Å². The van der Waals surface area contributed by atoms with Crippen LogP contribution in [0, 0.1) is 12.3 Å². The van der Waals surface area contributed by atoms with Gasteiger partial charge in [0.2, 0.25) is 5.95 Å². The molecular weight excluding hydrogens is 361 g/mol. The van der Waals surface area contributed by atoms with Crippen LogP contribution in [0.15, 0.2) is 12.4 Å². The molecule has 0 radical (unpaired) electrons. The van der Waals surface area contributed by atoms with E-state index < -0.39 is 5.97 Å². The molecule has 1 atom stereocenters. The second kappa shape index (κ2) is 14.7. The first-order chi connectivity index (χ1) is 11.7. The normalized spacial score (nSPS) is 14.9. The molecule has 1 saturated heterocycles. The molecule has 0 saturated carbocycles. The molecule has 1 unspecified atom stereocenters. The van der Waals surface area contributed by atoms with E-state index in [1.807, 2.05) is 4.90 Å². The smallest absolute Gasteiger partial charge is 0.341 e. The number of ether oxygens (including phenoxy) is 2. The number of aromatic nitrogens is 2. The van der Waals surface area contributed by atoms with E-state index in [4.69, 9.17) is 20.5 Å². The van der Waals surface area contributed by atoms with Crippen molar-refractivity contribution in [2.45, 2.75) is 13.0 Å². The van der Waals surface area contributed by atoms with Crippen LogP contribution in [-0.4, -0.2) is 60.1 Å². The zero-order valence-electron chi connectivity index (χ0n) is 14.0. The number of hydrogen-bond acceptors (Lipinski definition) is 9. The highest BCUT2D eigenvalue weighted by molar-refractivity contribution is 5.88. The molecule has 0 aliphatic carbocycles. The first kappa shape index (κ1) is 25.6. The Labute approximate surface area is 147 Å². The van der Waals surface area contributed by atoms with Gasteiger partial charge in [-0.15, -0.1) is 4.39 Å². The molecule has 0 spiro atoms. The van der Waals surface area contributed by atoms with Gasteiger partial charge in [-0.2, -0.15) is 5.26 Å². The third-order valence-electron chi connectivity index (χ3n) is 2.92. The van der Waals surface area contributed by atoms with Gasteiger partial charge in [0.25, 0.3) is 0 Å². The van der Waals surface area contributed by atoms with Crippen molar-refractivity contribution in [1.29, 1.82) is 0 Å². The summed E-state index contributed by atoms with van der Waals surface area (Å²) in [6, 6.07) is 0. The molecule has 3 N–H and O–H groups in total. The number of anilines is 1. The molecule has 1 aromatic rings. The Hall–Kier alpha value is -2.62. The van der Waals surface area contributed by atoms with Gasteiger partial charge in [-0.25, -0.2) is 14.8 Å². The maximum absolute atomic E-state index is 11.5. The maximum Gasteiger partial charge on any atom is 0.341 e. The first-order valence-corrected chi connectivity index (χ1v) is 7.13. The van der Waals surface area contributed by atoms with Crippen molar-refractivity contribution in [3.05, 3.63) is 18.0 Å². The summed E-state index contributed by atoms with van der Waals surface area (Å²) in [5.74, 6) is 0.172. The van der Waals surface area contributed by atoms with E-state index in [1.54, 1.807) is 6.92 Å². The predicted molar refractivity (Wildman–Crippen MR) is 86.6 cm³/mol. The number of hydrogen-bond donors (Lipinski definition) is 2. The maximum atomic E-state index is 11.5. The lowest BCUT2D eigenvalue weighted by Crippen LogP contribution is -2.46. The van der Waals surface area contributed by atoms with Crippen LogP contribution in [0.4, 0.5) is 19.7 Å². The molecular formula is C14H21F3N4O5. The fourth-order valence-electron chi connectivity index (χ4n) is 1.87. The zero-order valence-corrected chi connectivity index (χ0v) is 14.0. The average molecular weight is 382 g/mol. The molecule has 2 heterocycles. The number of carbonyl (C=O) groups is 1. The Morgan fingerprint density at radius 2 is 2.15 bits per heavy atom. The number of halogens is 3. The van der Waals surface area contributed by atoms with Gasteiger partial charge in [-0.3, -0.25) is 14.3 Å². The van der Waals surface area contributed by atoms with Crippen LogP contribution in [0.3, 0.4) is 0 Å². The van der Waals surface area contributed by atoms with Crippen LogP contribution in [0.5, 0.6) is 0 Å². The first-order valence-electron chi connectivity index (χ1n) is 7.13. The molecule has 12 heteroatoms. The number of morpholine rings is 1. The number of carbonyl (C=O) groups excluding carboxylic acids is 1. The number of esters is 1. The summed E-state index contributed by atoms with van der Waals surface area (Å²) in [6.07, 6.45) is 5.01. The Balaban J connectivity index is 0. The molecule has 1 aliphatic heterocycles. The van der Waals surface area contributed by atoms with E-state index in [-0.39, 0.29) is 15.5 Å². The van der Waals surface area contributed by atoms with Gasteiger partial charge in [0, 0.05) is 32.0 Å². The van der Waals surface area contributed by atoms with Crippen molar-refractivity contribution >= 4 is 11.9 Å². The highest BCUT2D eigenvalue weighted by atomic mass is 19.1. The third-order valence-corrected chi connectivity index (χ3v) is 2.92. The highest BCUT2D eigenvalue weighted by Gasteiger charge is 2.21. The summed E-state index contributed by atoms with van der Waals surface area (Å²) in [4.78, 5) is 24.8. The average Bonchev–Trinajstić information content (AvgIpc) is 2.63. The van der Waals surface area contributed by atoms with Crippen LogP contribution in [0.25, 0.3) is 0 Å². The lowest BCUT2D eigenvalue weighted by Gasteiger charge is -2.32. The van der Waals surface area contributed by atoms with Crippen molar-refractivity contribution in [2.75, 3.05) is 37.7 Å². The number of rotatable bonds is 4. The molecule has 26 heavy (non-hydrogen) atoms. The lowest BCUT2D eigenvalue weighted by molar-refractivity contribution is -0.172. The van der Waals surface area contributed by atoms with Gasteiger partial charge in [0.05, 0.1) is 24.9 Å². The molecule has 1 fully saturated rings. The number of nitrogens with zero attached hydrogens (tertiary/aromatic N) is 3. The minimum atomic E-state index is -0.407. The Morgan fingerprint density at radius 3 is 2.62 bits per heavy atom. The van der Waals surface area contributed by atoms with Crippen LogP contribution in [0.1, 0.15) is 17.3 Å². The minimum Gasteiger partial charge on any atom is -0.462 e. The molecule has 148 valence electrons. The van der Waals surface area contributed by atoms with E-state index in [0.29, 0.717) is 37.8 Å². The molecule has 1 aliphatic rings. The van der Waals surface area contributed by atoms with E-state index in [9.17, 15) is 9.18 Å². The van der Waals surface area contributed by atoms with Crippen LogP contribution in [0.2, 0.25) is 0 Å². The standard InChI is InChI=1S/C12H18N4O3.C2HFO2.2FH/c1-2-18-11(17)9-6-14-12(15-7-9)16-3-4-19-10(5-13)8-16;3-1-2-5-4;;/h6-7,10H,2-5,8,13H2,1H3;4H;2*1H. The summed E-state index contributed by atoms with van der Waals surface area (Å²) in [5, 5.41) is 7.15. The molecule has 0 aromatic carbocycles. The zero-order chi connectivity index (χ0) is 17.8. The quantitative estimate of drug-likeness (QED) is 0.332. The summed E-state index contributed by atoms with van der Waals surface area (Å²) in [7, 11) is 0. The third kappa shape index (κ3) is 8.47. The van der Waals surface area contributed by atoms with Crippen molar-refractivity contribution in [2.24, 2.45) is 5.73 Å². The van der Waals surface area contributed by atoms with Crippen molar-refractivity contribution in [1.82, 2.24) is 9.97 Å². The largest absolute Gasteiger partial charge is 0.462 e. The molecule has 0 amide bonds. The molecule has 0 bridgehead atoms. The molecule has 2 rings (SSSR count). The van der Waals surface area contributed by atoms with E-state index in [1.165, 1.54) is 18.5 Å². The van der Waals surface area contributed by atoms with Crippen LogP contribution >= 0.6 is 0 Å². The van der Waals surface area contributed by atoms with Gasteiger partial charge in [-0.1, -0.05) is 0 Å². The Bertz CT molecular complexity index is 568. The molecule has 9 nitrogen and oxygen atoms in total. The summed E-state index contributed by atoms with van der Waals surface area (Å²) in [5.41, 5.74) is 5.94. The van der Waals surface area contributed by atoms with E-state index in [2.05, 4.69) is 14.9 Å². The van der Waals surface area contributed by atoms with E-state index >= 15 is 0 Å². The van der Waals surface area contributed by atoms with Gasteiger partial charge >= 0.3 is 5.97 Å². The van der Waals surface area contributed by atoms with Gasteiger partial charge in [0.1, 0.15) is 0 Å². The summed E-state index contributed by atoms with van der Waals surface area (Å²) < 4.78 is 20.7. The van der Waals surface area contributed by atoms with Gasteiger partial charge in [0.15, 0.2) is 12.3 Å². The van der Waals surface area contributed by atoms with E-state index in [0.717, 1.165) is 12.7 Å². The lowest BCUT2D eigenvalue weighted by atomic mass is 10.3. The fraction of sp³-hybridized carbons (Fsp3) is 0.500. The monoisotopic (exact) mass is 382 g/mol. The minimum absolute atomic E-state index is 0. The summed E-state index contributed by atoms with van der Waals surface area (Å²) in [6.45, 7) is 4.54. The highest BCUT2D eigenvalue weighted by Crippen LogP contribution is 2.12. The Morgan fingerprint density at radius 1 is 1.50 bits per heavy atom. The molecule has 1 aromatic heterocycles. The second-order valence-electron chi connectivity index (χ2n) is 4.45. The second-order valence-corrected chi connectivity index (χ2v) is 4.45. The number of nitrogens with two attached hydrogens (primary N) is 1. The topological polar surface area (TPSA) is 120 Å². The fourth-order valence-corrected chi connectivity index (χ4v) is 1.87. The van der Waals surface area contributed by atoms with Crippen molar-refractivity contribution in [3.8, 4) is 12.3 Å². The SMILES string of the molecule is CCOC(=O)c1cnc(N2CCOC(CN)C2)nc1.F.F.OOC#CF. The van der Waals surface area contributed by atoms with Crippen LogP contribution < -0.4 is 10.6 Å². The van der Waals surface area contributed by atoms with Gasteiger partial charge in [-0.05, 0) is 6.92 Å². The van der Waals surface area contributed by atoms with Gasteiger partial charge < -0.3 is 20.1 Å². The van der Waals surface area contributed by atoms with Crippen LogP contribution in [-0.2, 0) is 14.4 Å². The Kier molecular flexibility index (Phi) is 14.5. The predicted octanol–water partition coefficient (Wildman–Crippen LogP) is 0.486. The summed E-state index contributed by atoms with van der Waals surface area (Å²) >= 11 is 0.